The average Bonchev–Trinajstić information content (AvgIpc) is 2.32. The summed E-state index contributed by atoms with van der Waals surface area (Å²) in [7, 11) is 1.72. The van der Waals surface area contributed by atoms with Crippen molar-refractivity contribution in [3.05, 3.63) is 0 Å². The van der Waals surface area contributed by atoms with E-state index in [2.05, 4.69) is 0 Å². The van der Waals surface area contributed by atoms with E-state index in [1.165, 1.54) is 0 Å². The molecule has 0 spiro atoms. The van der Waals surface area contributed by atoms with Crippen LogP contribution in [0.1, 0.15) is 26.7 Å². The molecule has 1 aliphatic rings. The molecule has 2 N–H and O–H groups in total. The topological polar surface area (TPSA) is 81.1 Å². The largest absolute Gasteiger partial charge is 0.481 e. The molecule has 1 atom stereocenters. The molecule has 1 saturated carbocycles. The molecule has 6 heteroatoms. The summed E-state index contributed by atoms with van der Waals surface area (Å²) in [5, 5.41) is 18.1. The zero-order valence-electron chi connectivity index (χ0n) is 11.9. The molecule has 110 valence electrons. The molecule has 1 aliphatic carbocycles. The molecule has 2 amide bonds. The molecule has 1 rings (SSSR count). The maximum Gasteiger partial charge on any atom is 0.319 e. The minimum absolute atomic E-state index is 0.142. The second-order valence-electron chi connectivity index (χ2n) is 5.43. The van der Waals surface area contributed by atoms with Gasteiger partial charge in [-0.15, -0.1) is 0 Å². The van der Waals surface area contributed by atoms with Crippen LogP contribution in [-0.2, 0) is 4.79 Å². The minimum atomic E-state index is -0.893. The first-order valence-electron chi connectivity index (χ1n) is 6.76. The van der Waals surface area contributed by atoms with E-state index >= 15 is 0 Å². The van der Waals surface area contributed by atoms with Crippen molar-refractivity contribution >= 4 is 12.0 Å². The first-order valence-corrected chi connectivity index (χ1v) is 6.76. The highest BCUT2D eigenvalue weighted by molar-refractivity contribution is 5.76. The molecule has 19 heavy (non-hydrogen) atoms. The number of carbonyl (C=O) groups is 2. The van der Waals surface area contributed by atoms with Crippen molar-refractivity contribution in [3.63, 3.8) is 0 Å². The number of amides is 2. The first kappa shape index (κ1) is 15.8. The summed E-state index contributed by atoms with van der Waals surface area (Å²) in [4.78, 5) is 26.2. The number of hydrogen-bond acceptors (Lipinski definition) is 3. The SMILES string of the molecule is CCN(CC(C)C(=O)O)C(=O)N(C)CC1CC(O)C1. The van der Waals surface area contributed by atoms with Gasteiger partial charge in [-0.25, -0.2) is 4.79 Å². The van der Waals surface area contributed by atoms with Gasteiger partial charge in [-0.3, -0.25) is 4.79 Å². The second-order valence-corrected chi connectivity index (χ2v) is 5.43. The predicted molar refractivity (Wildman–Crippen MR) is 70.8 cm³/mol. The smallest absolute Gasteiger partial charge is 0.319 e. The van der Waals surface area contributed by atoms with E-state index in [1.54, 1.807) is 23.8 Å². The van der Waals surface area contributed by atoms with Crippen molar-refractivity contribution in [2.75, 3.05) is 26.7 Å². The lowest BCUT2D eigenvalue weighted by molar-refractivity contribution is -0.141. The lowest BCUT2D eigenvalue weighted by Gasteiger charge is -2.36. The van der Waals surface area contributed by atoms with Crippen LogP contribution in [0, 0.1) is 11.8 Å². The molecule has 0 aliphatic heterocycles. The Hall–Kier alpha value is -1.30. The molecule has 1 unspecified atom stereocenters. The molecule has 6 nitrogen and oxygen atoms in total. The standard InChI is InChI=1S/C13H24N2O4/c1-4-15(7-9(2)12(17)18)13(19)14(3)8-10-5-11(16)6-10/h9-11,16H,4-8H2,1-3H3,(H,17,18). The van der Waals surface area contributed by atoms with Crippen LogP contribution < -0.4 is 0 Å². The fraction of sp³-hybridized carbons (Fsp3) is 0.846. The van der Waals surface area contributed by atoms with E-state index in [4.69, 9.17) is 5.11 Å². The van der Waals surface area contributed by atoms with Crippen molar-refractivity contribution < 1.29 is 19.8 Å². The Morgan fingerprint density at radius 3 is 2.37 bits per heavy atom. The Morgan fingerprint density at radius 2 is 1.95 bits per heavy atom. The Bertz CT molecular complexity index is 329. The number of aliphatic hydroxyl groups excluding tert-OH is 1. The van der Waals surface area contributed by atoms with E-state index in [0.29, 0.717) is 19.0 Å². The maximum atomic E-state index is 12.2. The summed E-state index contributed by atoms with van der Waals surface area (Å²) in [5.41, 5.74) is 0. The van der Waals surface area contributed by atoms with Crippen LogP contribution in [0.25, 0.3) is 0 Å². The molecule has 0 aromatic heterocycles. The van der Waals surface area contributed by atoms with Crippen LogP contribution in [0.3, 0.4) is 0 Å². The summed E-state index contributed by atoms with van der Waals surface area (Å²) in [6.45, 7) is 4.78. The molecule has 0 heterocycles. The summed E-state index contributed by atoms with van der Waals surface area (Å²) >= 11 is 0. The number of aliphatic hydroxyl groups is 1. The van der Waals surface area contributed by atoms with Crippen molar-refractivity contribution in [1.82, 2.24) is 9.80 Å². The van der Waals surface area contributed by atoms with Gasteiger partial charge in [-0.2, -0.15) is 0 Å². The summed E-state index contributed by atoms with van der Waals surface area (Å²) in [6.07, 6.45) is 1.27. The molecule has 0 bridgehead atoms. The number of hydrogen-bond donors (Lipinski definition) is 2. The second kappa shape index (κ2) is 6.75. The molecule has 0 aromatic carbocycles. The first-order chi connectivity index (χ1) is 8.85. The van der Waals surface area contributed by atoms with Crippen molar-refractivity contribution in [2.24, 2.45) is 11.8 Å². The van der Waals surface area contributed by atoms with Crippen LogP contribution in [-0.4, -0.2) is 64.8 Å². The van der Waals surface area contributed by atoms with Crippen molar-refractivity contribution in [1.29, 1.82) is 0 Å². The van der Waals surface area contributed by atoms with E-state index < -0.39 is 11.9 Å². The van der Waals surface area contributed by atoms with Gasteiger partial charge >= 0.3 is 12.0 Å². The third kappa shape index (κ3) is 4.38. The minimum Gasteiger partial charge on any atom is -0.481 e. The Labute approximate surface area is 114 Å². The highest BCUT2D eigenvalue weighted by atomic mass is 16.4. The average molecular weight is 272 g/mol. The fourth-order valence-corrected chi connectivity index (χ4v) is 2.31. The van der Waals surface area contributed by atoms with Gasteiger partial charge in [0.2, 0.25) is 0 Å². The van der Waals surface area contributed by atoms with Crippen LogP contribution in [0.2, 0.25) is 0 Å². The normalized spacial score (nSPS) is 23.4. The molecule has 1 fully saturated rings. The van der Waals surface area contributed by atoms with Gasteiger partial charge in [0.1, 0.15) is 0 Å². The Kier molecular flexibility index (Phi) is 5.60. The number of urea groups is 1. The van der Waals surface area contributed by atoms with Gasteiger partial charge in [-0.1, -0.05) is 6.92 Å². The number of carbonyl (C=O) groups excluding carboxylic acids is 1. The van der Waals surface area contributed by atoms with E-state index in [9.17, 15) is 14.7 Å². The predicted octanol–water partition coefficient (Wildman–Crippen LogP) is 0.852. The highest BCUT2D eigenvalue weighted by Crippen LogP contribution is 2.27. The quantitative estimate of drug-likeness (QED) is 0.751. The fourth-order valence-electron chi connectivity index (χ4n) is 2.31. The zero-order chi connectivity index (χ0) is 14.6. The van der Waals surface area contributed by atoms with Gasteiger partial charge in [0.25, 0.3) is 0 Å². The summed E-state index contributed by atoms with van der Waals surface area (Å²) < 4.78 is 0. The van der Waals surface area contributed by atoms with Crippen LogP contribution in [0.15, 0.2) is 0 Å². The Morgan fingerprint density at radius 1 is 1.37 bits per heavy atom. The number of rotatable bonds is 6. The van der Waals surface area contributed by atoms with E-state index in [1.807, 2.05) is 6.92 Å². The highest BCUT2D eigenvalue weighted by Gasteiger charge is 2.30. The number of carboxylic acids is 1. The zero-order valence-corrected chi connectivity index (χ0v) is 11.9. The molecule has 0 saturated heterocycles. The van der Waals surface area contributed by atoms with Gasteiger partial charge in [-0.05, 0) is 25.7 Å². The van der Waals surface area contributed by atoms with Gasteiger partial charge in [0.15, 0.2) is 0 Å². The Balaban J connectivity index is 2.45. The van der Waals surface area contributed by atoms with Crippen molar-refractivity contribution in [3.8, 4) is 0 Å². The molecule has 0 radical (unpaired) electrons. The van der Waals surface area contributed by atoms with Gasteiger partial charge < -0.3 is 20.0 Å². The third-order valence-electron chi connectivity index (χ3n) is 3.64. The van der Waals surface area contributed by atoms with E-state index in [-0.39, 0.29) is 18.7 Å². The van der Waals surface area contributed by atoms with Gasteiger partial charge in [0.05, 0.1) is 12.0 Å². The molecular formula is C13H24N2O4. The summed E-state index contributed by atoms with van der Waals surface area (Å²) in [5.74, 6) is -1.10. The van der Waals surface area contributed by atoms with Crippen molar-refractivity contribution in [2.45, 2.75) is 32.8 Å². The lowest BCUT2D eigenvalue weighted by atomic mass is 9.82. The van der Waals surface area contributed by atoms with Gasteiger partial charge in [0, 0.05) is 26.7 Å². The van der Waals surface area contributed by atoms with Crippen LogP contribution in [0.5, 0.6) is 0 Å². The lowest BCUT2D eigenvalue weighted by Crippen LogP contribution is -2.47. The summed E-state index contributed by atoms with van der Waals surface area (Å²) in [6, 6.07) is -0.142. The van der Waals surface area contributed by atoms with E-state index in [0.717, 1.165) is 12.8 Å². The third-order valence-corrected chi connectivity index (χ3v) is 3.64. The number of carboxylic acid groups (broad SMARTS) is 1. The monoisotopic (exact) mass is 272 g/mol. The number of nitrogens with zero attached hydrogens (tertiary/aromatic N) is 2. The maximum absolute atomic E-state index is 12.2. The van der Waals surface area contributed by atoms with Crippen LogP contribution >= 0.6 is 0 Å². The van der Waals surface area contributed by atoms with Crippen LogP contribution in [0.4, 0.5) is 4.79 Å². The molecular weight excluding hydrogens is 248 g/mol. The molecule has 0 aromatic rings. The number of aliphatic carboxylic acids is 1.